The molecule has 49 heavy (non-hydrogen) atoms. The number of hydrogen-bond donors (Lipinski definition) is 0. The van der Waals surface area contributed by atoms with E-state index in [0.29, 0.717) is 0 Å². The van der Waals surface area contributed by atoms with Gasteiger partial charge in [0.25, 0.3) is 0 Å². The first-order valence-electron chi connectivity index (χ1n) is 18.6. The zero-order valence-electron chi connectivity index (χ0n) is 29.9. The van der Waals surface area contributed by atoms with Gasteiger partial charge in [0.15, 0.2) is 0 Å². The van der Waals surface area contributed by atoms with Crippen LogP contribution in [0, 0.1) is 0 Å². The van der Waals surface area contributed by atoms with Crippen molar-refractivity contribution in [3.05, 3.63) is 156 Å². The first kappa shape index (κ1) is 32.8. The molecule has 6 aromatic rings. The first-order valence-corrected chi connectivity index (χ1v) is 18.6. The van der Waals surface area contributed by atoms with E-state index in [-0.39, 0.29) is 5.41 Å². The van der Waals surface area contributed by atoms with E-state index in [2.05, 4.69) is 161 Å². The van der Waals surface area contributed by atoms with Crippen LogP contribution in [0.1, 0.15) is 88.5 Å². The molecule has 0 aliphatic heterocycles. The van der Waals surface area contributed by atoms with Gasteiger partial charge in [-0.1, -0.05) is 175 Å². The summed E-state index contributed by atoms with van der Waals surface area (Å²) in [5, 5.41) is 0. The summed E-state index contributed by atoms with van der Waals surface area (Å²) < 4.78 is 0. The average Bonchev–Trinajstić information content (AvgIpc) is 3.37. The predicted octanol–water partition coefficient (Wildman–Crippen LogP) is 14.1. The van der Waals surface area contributed by atoms with E-state index >= 15 is 0 Å². The minimum atomic E-state index is -0.0751. The molecule has 0 heterocycles. The molecule has 0 bridgehead atoms. The molecule has 1 aliphatic carbocycles. The molecule has 7 rings (SSSR count). The lowest BCUT2D eigenvalue weighted by Crippen LogP contribution is -2.15. The van der Waals surface area contributed by atoms with E-state index in [1.807, 2.05) is 0 Å². The summed E-state index contributed by atoms with van der Waals surface area (Å²) in [7, 11) is 0. The molecular formula is C49H50. The molecule has 0 amide bonds. The lowest BCUT2D eigenvalue weighted by Gasteiger charge is -2.22. The van der Waals surface area contributed by atoms with Crippen molar-refractivity contribution in [2.24, 2.45) is 0 Å². The highest BCUT2D eigenvalue weighted by Crippen LogP contribution is 2.50. The third-order valence-corrected chi connectivity index (χ3v) is 10.8. The van der Waals surface area contributed by atoms with Crippen LogP contribution in [-0.4, -0.2) is 0 Å². The highest BCUT2D eigenvalue weighted by atomic mass is 14.4. The summed E-state index contributed by atoms with van der Waals surface area (Å²) in [6, 6.07) is 50.7. The Kier molecular flexibility index (Phi) is 9.67. The van der Waals surface area contributed by atoms with Gasteiger partial charge in [-0.2, -0.15) is 0 Å². The Labute approximate surface area is 294 Å². The maximum atomic E-state index is 2.43. The van der Waals surface area contributed by atoms with Gasteiger partial charge in [0, 0.05) is 5.41 Å². The van der Waals surface area contributed by atoms with Crippen molar-refractivity contribution in [1.82, 2.24) is 0 Å². The molecule has 0 N–H and O–H groups in total. The fourth-order valence-electron chi connectivity index (χ4n) is 7.69. The lowest BCUT2D eigenvalue weighted by molar-refractivity contribution is 0.661. The zero-order chi connectivity index (χ0) is 33.8. The Morgan fingerprint density at radius 1 is 0.347 bits per heavy atom. The minimum absolute atomic E-state index is 0.0751. The number of unbranched alkanes of at least 4 members (excludes halogenated alkanes) is 4. The van der Waals surface area contributed by atoms with Crippen molar-refractivity contribution < 1.29 is 0 Å². The Morgan fingerprint density at radius 2 is 0.633 bits per heavy atom. The highest BCUT2D eigenvalue weighted by molar-refractivity contribution is 5.86. The predicted molar refractivity (Wildman–Crippen MR) is 212 cm³/mol. The quantitative estimate of drug-likeness (QED) is 0.117. The van der Waals surface area contributed by atoms with Crippen LogP contribution in [0.2, 0.25) is 0 Å². The molecule has 0 nitrogen and oxygen atoms in total. The van der Waals surface area contributed by atoms with Gasteiger partial charge in [-0.05, 0) is 116 Å². The van der Waals surface area contributed by atoms with Gasteiger partial charge in [0.2, 0.25) is 0 Å². The summed E-state index contributed by atoms with van der Waals surface area (Å²) in [5.41, 5.74) is 18.6. The molecule has 0 aromatic heterocycles. The fraction of sp³-hybridized carbons (Fsp3) is 0.265. The summed E-state index contributed by atoms with van der Waals surface area (Å²) >= 11 is 0. The highest BCUT2D eigenvalue weighted by Gasteiger charge is 2.35. The third kappa shape index (κ3) is 6.93. The Bertz CT molecular complexity index is 1860. The minimum Gasteiger partial charge on any atom is -0.0654 e. The molecule has 0 heteroatoms. The van der Waals surface area contributed by atoms with Gasteiger partial charge < -0.3 is 0 Å². The second-order valence-electron chi connectivity index (χ2n) is 14.6. The molecule has 6 aromatic carbocycles. The lowest BCUT2D eigenvalue weighted by atomic mass is 9.80. The van der Waals surface area contributed by atoms with Gasteiger partial charge in [-0.25, -0.2) is 0 Å². The van der Waals surface area contributed by atoms with Crippen LogP contribution in [0.3, 0.4) is 0 Å². The van der Waals surface area contributed by atoms with Gasteiger partial charge in [0.1, 0.15) is 0 Å². The van der Waals surface area contributed by atoms with Gasteiger partial charge >= 0.3 is 0 Å². The molecule has 0 fully saturated rings. The largest absolute Gasteiger partial charge is 0.0654 e. The Hall–Kier alpha value is -4.68. The van der Waals surface area contributed by atoms with Gasteiger partial charge in [0.05, 0.1) is 0 Å². The molecule has 0 atom stereocenters. The number of hydrogen-bond acceptors (Lipinski definition) is 0. The average molecular weight is 639 g/mol. The Morgan fingerprint density at radius 3 is 0.959 bits per heavy atom. The molecule has 0 saturated carbocycles. The molecule has 0 spiro atoms. The number of benzene rings is 6. The van der Waals surface area contributed by atoms with Crippen LogP contribution in [0.25, 0.3) is 55.6 Å². The van der Waals surface area contributed by atoms with Crippen molar-refractivity contribution in [3.8, 4) is 55.6 Å². The van der Waals surface area contributed by atoms with E-state index in [1.54, 1.807) is 0 Å². The third-order valence-electron chi connectivity index (χ3n) is 10.8. The topological polar surface area (TPSA) is 0 Å². The smallest absolute Gasteiger partial charge is 0.0159 e. The Balaban J connectivity index is 1.07. The number of aryl methyl sites for hydroxylation is 2. The SMILES string of the molecule is CCCCCc1ccc(-c2ccc(-c3ccc4c(c3)C(C)(C)c3cc(-c5ccc(-c6ccc(CCCCC)cc6)cc5)ccc3-4)cc2)cc1. The van der Waals surface area contributed by atoms with Crippen molar-refractivity contribution in [1.29, 1.82) is 0 Å². The molecule has 0 radical (unpaired) electrons. The molecule has 1 aliphatic rings. The van der Waals surface area contributed by atoms with Crippen molar-refractivity contribution in [2.45, 2.75) is 84.5 Å². The summed E-state index contributed by atoms with van der Waals surface area (Å²) in [6.07, 6.45) is 10.0. The fourth-order valence-corrected chi connectivity index (χ4v) is 7.69. The van der Waals surface area contributed by atoms with E-state index in [9.17, 15) is 0 Å². The van der Waals surface area contributed by atoms with Crippen molar-refractivity contribution >= 4 is 0 Å². The van der Waals surface area contributed by atoms with Gasteiger partial charge in [-0.15, -0.1) is 0 Å². The van der Waals surface area contributed by atoms with Crippen LogP contribution in [0.5, 0.6) is 0 Å². The molecule has 0 unspecified atom stereocenters. The maximum absolute atomic E-state index is 2.43. The summed E-state index contributed by atoms with van der Waals surface area (Å²) in [4.78, 5) is 0. The summed E-state index contributed by atoms with van der Waals surface area (Å²) in [6.45, 7) is 9.30. The monoisotopic (exact) mass is 638 g/mol. The van der Waals surface area contributed by atoms with E-state index in [4.69, 9.17) is 0 Å². The second kappa shape index (κ2) is 14.4. The number of rotatable bonds is 12. The van der Waals surface area contributed by atoms with Crippen LogP contribution < -0.4 is 0 Å². The molecule has 0 saturated heterocycles. The normalized spacial score (nSPS) is 12.9. The molecule has 246 valence electrons. The number of fused-ring (bicyclic) bond motifs is 3. The van der Waals surface area contributed by atoms with Crippen LogP contribution in [0.15, 0.2) is 133 Å². The van der Waals surface area contributed by atoms with Crippen LogP contribution in [-0.2, 0) is 18.3 Å². The molecular weight excluding hydrogens is 589 g/mol. The van der Waals surface area contributed by atoms with Gasteiger partial charge in [-0.3, -0.25) is 0 Å². The van der Waals surface area contributed by atoms with Crippen LogP contribution in [0.4, 0.5) is 0 Å². The summed E-state index contributed by atoms with van der Waals surface area (Å²) in [5.74, 6) is 0. The van der Waals surface area contributed by atoms with Crippen LogP contribution >= 0.6 is 0 Å². The second-order valence-corrected chi connectivity index (χ2v) is 14.6. The van der Waals surface area contributed by atoms with Crippen molar-refractivity contribution in [3.63, 3.8) is 0 Å². The van der Waals surface area contributed by atoms with E-state index in [0.717, 1.165) is 0 Å². The van der Waals surface area contributed by atoms with E-state index in [1.165, 1.54) is 129 Å². The standard InChI is InChI=1S/C49H50/c1-5-7-9-11-35-13-17-37(18-14-35)39-21-25-41(26-22-39)43-29-31-45-46-32-30-44(34-48(46)49(3,4)47(45)33-43)42-27-23-40(24-28-42)38-19-15-36(16-20-38)12-10-8-6-2/h13-34H,5-12H2,1-4H3. The first-order chi connectivity index (χ1) is 23.9. The maximum Gasteiger partial charge on any atom is 0.0159 e. The van der Waals surface area contributed by atoms with E-state index < -0.39 is 0 Å². The van der Waals surface area contributed by atoms with Crippen molar-refractivity contribution in [2.75, 3.05) is 0 Å². The zero-order valence-corrected chi connectivity index (χ0v) is 29.9.